The van der Waals surface area contributed by atoms with Crippen molar-refractivity contribution >= 4 is 17.7 Å². The second-order valence-electron chi connectivity index (χ2n) is 20.5. The second-order valence-corrected chi connectivity index (χ2v) is 20.5. The number of carbonyl (C=O) groups is 3. The number of aliphatic hydroxyl groups excluding tert-OH is 1. The maximum absolute atomic E-state index is 14.8. The summed E-state index contributed by atoms with van der Waals surface area (Å²) in [6.45, 7) is 27.3. The van der Waals surface area contributed by atoms with Crippen molar-refractivity contribution in [3.8, 4) is 0 Å². The van der Waals surface area contributed by atoms with Crippen LogP contribution in [-0.2, 0) is 14.4 Å². The number of hydrazine groups is 1. The number of carbonyl (C=O) groups excluding carboxylic acids is 3. The number of fused-ring (bicyclic) bond motifs is 7. The molecule has 0 aromatic carbocycles. The van der Waals surface area contributed by atoms with Gasteiger partial charge in [0, 0.05) is 18.4 Å². The zero-order chi connectivity index (χ0) is 36.1. The van der Waals surface area contributed by atoms with Gasteiger partial charge < -0.3 is 10.4 Å². The molecule has 0 spiro atoms. The minimum atomic E-state index is -0.412. The lowest BCUT2D eigenvalue weighted by atomic mass is 9.32. The molecule has 3 amide bonds. The highest BCUT2D eigenvalue weighted by atomic mass is 16.3. The van der Waals surface area contributed by atoms with Crippen LogP contribution in [0.2, 0.25) is 0 Å². The minimum absolute atomic E-state index is 0.0565. The van der Waals surface area contributed by atoms with E-state index in [-0.39, 0.29) is 69.3 Å². The standard InChI is InChI=1S/C42H69N3O4/c1-24(2)22-33(47)44-45-35(48)28-23-31(37(28,5)6)43-36(49)42-19-14-26(25(3)4)34(42)27-12-13-30-39(9)17-16-32(46)38(7,8)29(39)15-18-41(30,11)40(27,10)20-21-42/h24,26-32,34,46H,3,12-23H2,1-2,4-11H3,(H,43,49)(H,44,47)(H,45,48)/t26-,27+,28+,29-,30+,31+,32-,34+,39-,40+,41+,42-/m0/s1. The number of hydrogen-bond acceptors (Lipinski definition) is 4. The Balaban J connectivity index is 1.22. The van der Waals surface area contributed by atoms with E-state index in [4.69, 9.17) is 0 Å². The van der Waals surface area contributed by atoms with Crippen molar-refractivity contribution < 1.29 is 19.5 Å². The zero-order valence-corrected chi connectivity index (χ0v) is 32.6. The average molecular weight is 680 g/mol. The number of hydrogen-bond donors (Lipinski definition) is 4. The third-order valence-electron chi connectivity index (χ3n) is 17.3. The Kier molecular flexibility index (Phi) is 9.10. The minimum Gasteiger partial charge on any atom is -0.393 e. The van der Waals surface area contributed by atoms with Gasteiger partial charge in [-0.05, 0) is 140 Å². The van der Waals surface area contributed by atoms with Crippen molar-refractivity contribution in [1.29, 1.82) is 0 Å². The molecule has 12 atom stereocenters. The Bertz CT molecular complexity index is 1370. The maximum Gasteiger partial charge on any atom is 0.242 e. The summed E-state index contributed by atoms with van der Waals surface area (Å²) in [6.07, 6.45) is 11.5. The van der Waals surface area contributed by atoms with Gasteiger partial charge in [0.1, 0.15) is 0 Å². The summed E-state index contributed by atoms with van der Waals surface area (Å²) >= 11 is 0. The summed E-state index contributed by atoms with van der Waals surface area (Å²) in [7, 11) is 0. The molecule has 7 heteroatoms. The molecular formula is C42H69N3O4. The molecule has 6 rings (SSSR count). The van der Waals surface area contributed by atoms with Gasteiger partial charge in [-0.2, -0.15) is 0 Å². The molecule has 0 radical (unpaired) electrons. The maximum atomic E-state index is 14.8. The number of nitrogens with one attached hydrogen (secondary N) is 3. The molecule has 0 aromatic heterocycles. The van der Waals surface area contributed by atoms with Crippen molar-refractivity contribution in [3.05, 3.63) is 12.2 Å². The average Bonchev–Trinajstić information content (AvgIpc) is 3.41. The highest BCUT2D eigenvalue weighted by Crippen LogP contribution is 2.77. The SMILES string of the molecule is C=C(C)[C@@H]1CC[C@]2(C(=O)N[C@@H]3C[C@H](C(=O)NNC(=O)CC(C)C)C3(C)C)CC[C@]3(C)[C@H](CC[C@@H]4[C@@]5(C)CC[C@H](O)C(C)(C)[C@@H]5CC[C@]43C)[C@@H]12. The van der Waals surface area contributed by atoms with E-state index >= 15 is 0 Å². The van der Waals surface area contributed by atoms with Crippen LogP contribution < -0.4 is 16.2 Å². The van der Waals surface area contributed by atoms with Crippen LogP contribution in [0.15, 0.2) is 12.2 Å². The van der Waals surface area contributed by atoms with Gasteiger partial charge in [-0.3, -0.25) is 25.2 Å². The molecule has 6 fully saturated rings. The summed E-state index contributed by atoms with van der Waals surface area (Å²) in [5, 5.41) is 14.6. The molecule has 276 valence electrons. The Hall–Kier alpha value is -1.89. The number of rotatable bonds is 6. The lowest BCUT2D eigenvalue weighted by Gasteiger charge is -2.72. The molecule has 49 heavy (non-hydrogen) atoms. The van der Waals surface area contributed by atoms with Crippen molar-refractivity contribution in [3.63, 3.8) is 0 Å². The van der Waals surface area contributed by atoms with Gasteiger partial charge in [-0.15, -0.1) is 0 Å². The fraction of sp³-hybridized carbons (Fsp3) is 0.881. The summed E-state index contributed by atoms with van der Waals surface area (Å²) < 4.78 is 0. The molecule has 7 nitrogen and oxygen atoms in total. The Labute approximate surface area is 297 Å². The fourth-order valence-electron chi connectivity index (χ4n) is 14.1. The number of allylic oxidation sites excluding steroid dienone is 1. The second kappa shape index (κ2) is 12.1. The summed E-state index contributed by atoms with van der Waals surface area (Å²) in [4.78, 5) is 40.1. The molecule has 6 aliphatic carbocycles. The quantitative estimate of drug-likeness (QED) is 0.170. The lowest BCUT2D eigenvalue weighted by Crippen LogP contribution is -2.68. The zero-order valence-electron chi connectivity index (χ0n) is 32.6. The van der Waals surface area contributed by atoms with Gasteiger partial charge in [-0.25, -0.2) is 0 Å². The first-order chi connectivity index (χ1) is 22.7. The number of amides is 3. The van der Waals surface area contributed by atoms with Crippen molar-refractivity contribution in [1.82, 2.24) is 16.2 Å². The third kappa shape index (κ3) is 5.30. The monoisotopic (exact) mass is 680 g/mol. The van der Waals surface area contributed by atoms with E-state index < -0.39 is 10.8 Å². The van der Waals surface area contributed by atoms with Gasteiger partial charge >= 0.3 is 0 Å². The van der Waals surface area contributed by atoms with Gasteiger partial charge in [0.25, 0.3) is 0 Å². The van der Waals surface area contributed by atoms with E-state index in [9.17, 15) is 19.5 Å². The Morgan fingerprint density at radius 3 is 2.12 bits per heavy atom. The topological polar surface area (TPSA) is 108 Å². The smallest absolute Gasteiger partial charge is 0.242 e. The highest BCUT2D eigenvalue weighted by molar-refractivity contribution is 5.87. The Morgan fingerprint density at radius 2 is 1.49 bits per heavy atom. The molecule has 0 aromatic rings. The van der Waals surface area contributed by atoms with E-state index in [1.54, 1.807) is 0 Å². The predicted molar refractivity (Wildman–Crippen MR) is 195 cm³/mol. The van der Waals surface area contributed by atoms with Crippen molar-refractivity contribution in [2.45, 2.75) is 158 Å². The van der Waals surface area contributed by atoms with E-state index in [1.807, 2.05) is 13.8 Å². The lowest BCUT2D eigenvalue weighted by molar-refractivity contribution is -0.246. The molecule has 6 aliphatic rings. The Morgan fingerprint density at radius 1 is 0.796 bits per heavy atom. The van der Waals surface area contributed by atoms with E-state index in [1.165, 1.54) is 31.3 Å². The van der Waals surface area contributed by atoms with Crippen LogP contribution in [0.1, 0.15) is 146 Å². The van der Waals surface area contributed by atoms with Crippen LogP contribution in [-0.4, -0.2) is 35.0 Å². The number of aliphatic hydroxyl groups is 1. The van der Waals surface area contributed by atoms with Gasteiger partial charge in [0.15, 0.2) is 0 Å². The molecule has 0 unspecified atom stereocenters. The van der Waals surface area contributed by atoms with Gasteiger partial charge in [0.2, 0.25) is 17.7 Å². The summed E-state index contributed by atoms with van der Waals surface area (Å²) in [6, 6.07) is -0.0807. The van der Waals surface area contributed by atoms with Gasteiger partial charge in [0.05, 0.1) is 11.5 Å². The first-order valence-electron chi connectivity index (χ1n) is 19.9. The van der Waals surface area contributed by atoms with E-state index in [2.05, 4.69) is 78.1 Å². The first-order valence-corrected chi connectivity index (χ1v) is 19.9. The van der Waals surface area contributed by atoms with Crippen LogP contribution >= 0.6 is 0 Å². The van der Waals surface area contributed by atoms with Crippen LogP contribution in [0.4, 0.5) is 0 Å². The van der Waals surface area contributed by atoms with E-state index in [0.717, 1.165) is 38.5 Å². The fourth-order valence-corrected chi connectivity index (χ4v) is 14.1. The molecule has 0 saturated heterocycles. The first kappa shape index (κ1) is 36.9. The highest BCUT2D eigenvalue weighted by Gasteiger charge is 2.72. The van der Waals surface area contributed by atoms with Crippen LogP contribution in [0, 0.1) is 73.9 Å². The van der Waals surface area contributed by atoms with Gasteiger partial charge in [-0.1, -0.05) is 74.5 Å². The molecular weight excluding hydrogens is 610 g/mol. The molecule has 0 heterocycles. The normalized spacial score (nSPS) is 46.2. The van der Waals surface area contributed by atoms with Crippen LogP contribution in [0.3, 0.4) is 0 Å². The summed E-state index contributed by atoms with van der Waals surface area (Å²) in [5.41, 5.74) is 6.18. The largest absolute Gasteiger partial charge is 0.393 e. The third-order valence-corrected chi connectivity index (χ3v) is 17.3. The van der Waals surface area contributed by atoms with Crippen molar-refractivity contribution in [2.75, 3.05) is 0 Å². The molecule has 4 N–H and O–H groups in total. The van der Waals surface area contributed by atoms with Crippen LogP contribution in [0.5, 0.6) is 0 Å². The summed E-state index contributed by atoms with van der Waals surface area (Å²) in [5.74, 6) is 2.08. The molecule has 0 bridgehead atoms. The molecule has 0 aliphatic heterocycles. The van der Waals surface area contributed by atoms with Crippen LogP contribution in [0.25, 0.3) is 0 Å². The predicted octanol–water partition coefficient (Wildman–Crippen LogP) is 7.73. The molecule has 6 saturated carbocycles. The van der Waals surface area contributed by atoms with E-state index in [0.29, 0.717) is 36.5 Å². The van der Waals surface area contributed by atoms with Crippen molar-refractivity contribution in [2.24, 2.45) is 73.9 Å².